The molecule has 3 unspecified atom stereocenters. The molecule has 0 aliphatic carbocycles. The summed E-state index contributed by atoms with van der Waals surface area (Å²) >= 11 is 1.41. The Morgan fingerprint density at radius 2 is 1.94 bits per heavy atom. The molecule has 0 amide bonds. The maximum Gasteiger partial charge on any atom is 0.161 e. The van der Waals surface area contributed by atoms with Crippen molar-refractivity contribution in [1.82, 2.24) is 9.27 Å². The third-order valence-corrected chi connectivity index (χ3v) is 8.02. The minimum Gasteiger partial charge on any atom is -0.493 e. The highest BCUT2D eigenvalue weighted by Gasteiger charge is 2.44. The van der Waals surface area contributed by atoms with Gasteiger partial charge in [-0.05, 0) is 87.5 Å². The predicted molar refractivity (Wildman–Crippen MR) is 128 cm³/mol. The number of carbonyl (C=O) groups excluding carboxylic acids is 1. The monoisotopic (exact) mass is 468 g/mol. The molecule has 33 heavy (non-hydrogen) atoms. The SMILES string of the molecule is COc1cc(C(C)=O)ccc1OCC(C)N1C2CCC1CC(c1nsc3cc(F)ccc13)C2. The van der Waals surface area contributed by atoms with Crippen LogP contribution in [0.4, 0.5) is 4.39 Å². The summed E-state index contributed by atoms with van der Waals surface area (Å²) in [6, 6.07) is 11.6. The minimum absolute atomic E-state index is 0.00527. The quantitative estimate of drug-likeness (QED) is 0.409. The van der Waals surface area contributed by atoms with Crippen molar-refractivity contribution >= 4 is 27.4 Å². The minimum atomic E-state index is -0.200. The van der Waals surface area contributed by atoms with Gasteiger partial charge in [0.05, 0.1) is 17.5 Å². The standard InChI is InChI=1S/C26H29FN2O3S/c1-15(14-32-23-9-4-17(16(2)30)12-24(23)31-3)29-20-6-7-21(29)11-18(10-20)26-22-8-5-19(27)13-25(22)33-28-26/h4-5,8-9,12-13,15,18,20-21H,6-7,10-11,14H2,1-3H3. The van der Waals surface area contributed by atoms with Crippen molar-refractivity contribution in [2.45, 2.75) is 63.6 Å². The van der Waals surface area contributed by atoms with E-state index in [1.54, 1.807) is 38.3 Å². The fourth-order valence-electron chi connectivity index (χ4n) is 5.68. The second kappa shape index (κ2) is 9.03. The van der Waals surface area contributed by atoms with E-state index in [9.17, 15) is 9.18 Å². The number of halogens is 1. The highest BCUT2D eigenvalue weighted by atomic mass is 32.1. The molecule has 0 saturated carbocycles. The van der Waals surface area contributed by atoms with E-state index in [-0.39, 0.29) is 17.6 Å². The molecule has 2 fully saturated rings. The lowest BCUT2D eigenvalue weighted by molar-refractivity contribution is 0.0572. The van der Waals surface area contributed by atoms with Gasteiger partial charge in [0.25, 0.3) is 0 Å². The van der Waals surface area contributed by atoms with E-state index in [1.807, 2.05) is 12.1 Å². The first kappa shape index (κ1) is 22.3. The van der Waals surface area contributed by atoms with Gasteiger partial charge in [-0.2, -0.15) is 4.37 Å². The van der Waals surface area contributed by atoms with Gasteiger partial charge >= 0.3 is 0 Å². The molecule has 3 atom stereocenters. The lowest BCUT2D eigenvalue weighted by Crippen LogP contribution is -2.49. The Hall–Kier alpha value is -2.51. The molecular weight excluding hydrogens is 439 g/mol. The molecule has 1 aromatic heterocycles. The summed E-state index contributed by atoms with van der Waals surface area (Å²) in [4.78, 5) is 14.3. The molecule has 3 aromatic rings. The summed E-state index contributed by atoms with van der Waals surface area (Å²) in [5.41, 5.74) is 1.76. The van der Waals surface area contributed by atoms with Crippen LogP contribution in [0.5, 0.6) is 11.5 Å². The van der Waals surface area contributed by atoms with Crippen LogP contribution in [0.3, 0.4) is 0 Å². The fraction of sp³-hybridized carbons (Fsp3) is 0.462. The molecule has 5 nitrogen and oxygen atoms in total. The van der Waals surface area contributed by atoms with Gasteiger partial charge in [-0.3, -0.25) is 9.69 Å². The van der Waals surface area contributed by atoms with Gasteiger partial charge in [0.2, 0.25) is 0 Å². The van der Waals surface area contributed by atoms with Crippen molar-refractivity contribution in [1.29, 1.82) is 0 Å². The number of benzene rings is 2. The zero-order chi connectivity index (χ0) is 23.1. The van der Waals surface area contributed by atoms with Crippen molar-refractivity contribution in [3.63, 3.8) is 0 Å². The predicted octanol–water partition coefficient (Wildman–Crippen LogP) is 5.82. The number of hydrogen-bond acceptors (Lipinski definition) is 6. The number of carbonyl (C=O) groups is 1. The lowest BCUT2D eigenvalue weighted by atomic mass is 9.86. The van der Waals surface area contributed by atoms with Crippen molar-refractivity contribution in [2.75, 3.05) is 13.7 Å². The summed E-state index contributed by atoms with van der Waals surface area (Å²) < 4.78 is 30.9. The first-order chi connectivity index (χ1) is 15.9. The number of aromatic nitrogens is 1. The Balaban J connectivity index is 1.27. The Labute approximate surface area is 197 Å². The molecule has 2 aliphatic rings. The largest absolute Gasteiger partial charge is 0.493 e. The van der Waals surface area contributed by atoms with E-state index in [1.165, 1.54) is 24.4 Å². The van der Waals surface area contributed by atoms with Crippen LogP contribution in [-0.4, -0.2) is 46.9 Å². The Kier molecular flexibility index (Phi) is 6.10. The van der Waals surface area contributed by atoms with E-state index in [0.717, 1.165) is 28.6 Å². The van der Waals surface area contributed by atoms with Gasteiger partial charge in [0.15, 0.2) is 17.3 Å². The van der Waals surface area contributed by atoms with Gasteiger partial charge < -0.3 is 9.47 Å². The van der Waals surface area contributed by atoms with Crippen LogP contribution in [0.1, 0.15) is 61.5 Å². The van der Waals surface area contributed by atoms with Crippen LogP contribution in [0.15, 0.2) is 36.4 Å². The average Bonchev–Trinajstić information content (AvgIpc) is 3.34. The molecule has 174 valence electrons. The smallest absolute Gasteiger partial charge is 0.161 e. The topological polar surface area (TPSA) is 51.7 Å². The van der Waals surface area contributed by atoms with Crippen molar-refractivity contribution in [3.8, 4) is 11.5 Å². The first-order valence-electron chi connectivity index (χ1n) is 11.6. The van der Waals surface area contributed by atoms with Gasteiger partial charge in [-0.15, -0.1) is 0 Å². The van der Waals surface area contributed by atoms with Crippen LogP contribution in [0.2, 0.25) is 0 Å². The number of nitrogens with zero attached hydrogens (tertiary/aromatic N) is 2. The van der Waals surface area contributed by atoms with E-state index < -0.39 is 0 Å². The third kappa shape index (κ3) is 4.24. The maximum absolute atomic E-state index is 13.6. The summed E-state index contributed by atoms with van der Waals surface area (Å²) in [6.07, 6.45) is 4.54. The molecule has 0 spiro atoms. The van der Waals surface area contributed by atoms with Crippen LogP contribution in [0.25, 0.3) is 10.1 Å². The molecule has 2 saturated heterocycles. The molecule has 3 heterocycles. The summed E-state index contributed by atoms with van der Waals surface area (Å²) in [5, 5.41) is 1.11. The number of ketones is 1. The van der Waals surface area contributed by atoms with E-state index >= 15 is 0 Å². The van der Waals surface area contributed by atoms with Crippen LogP contribution < -0.4 is 9.47 Å². The number of Topliss-reactive ketones (excluding diaryl/α,β-unsaturated/α-hetero) is 1. The van der Waals surface area contributed by atoms with Crippen molar-refractivity contribution < 1.29 is 18.7 Å². The summed E-state index contributed by atoms with van der Waals surface area (Å²) in [7, 11) is 1.59. The number of piperidine rings is 1. The molecule has 7 heteroatoms. The van der Waals surface area contributed by atoms with Crippen molar-refractivity contribution in [3.05, 3.63) is 53.5 Å². The van der Waals surface area contributed by atoms with Crippen LogP contribution >= 0.6 is 11.5 Å². The second-order valence-corrected chi connectivity index (χ2v) is 10.1. The Bertz CT molecular complexity index is 1170. The number of rotatable bonds is 7. The molecule has 0 N–H and O–H groups in total. The van der Waals surface area contributed by atoms with E-state index in [2.05, 4.69) is 11.8 Å². The summed E-state index contributed by atoms with van der Waals surface area (Å²) in [6.45, 7) is 4.33. The van der Waals surface area contributed by atoms with E-state index in [4.69, 9.17) is 13.8 Å². The van der Waals surface area contributed by atoms with Gasteiger partial charge in [-0.25, -0.2) is 4.39 Å². The lowest BCUT2D eigenvalue weighted by Gasteiger charge is -2.42. The van der Waals surface area contributed by atoms with Crippen LogP contribution in [0, 0.1) is 5.82 Å². The van der Waals surface area contributed by atoms with Crippen molar-refractivity contribution in [2.24, 2.45) is 0 Å². The van der Waals surface area contributed by atoms with Gasteiger partial charge in [-0.1, -0.05) is 0 Å². The zero-order valence-corrected chi connectivity index (χ0v) is 20.0. The van der Waals surface area contributed by atoms with Gasteiger partial charge in [0, 0.05) is 35.0 Å². The number of hydrogen-bond donors (Lipinski definition) is 0. The average molecular weight is 469 g/mol. The Morgan fingerprint density at radius 1 is 1.18 bits per heavy atom. The number of ether oxygens (including phenoxy) is 2. The first-order valence-corrected chi connectivity index (χ1v) is 12.4. The number of fused-ring (bicyclic) bond motifs is 3. The molecule has 0 radical (unpaired) electrons. The highest BCUT2D eigenvalue weighted by Crippen LogP contribution is 2.45. The molecular formula is C26H29FN2O3S. The zero-order valence-electron chi connectivity index (χ0n) is 19.2. The normalized spacial score (nSPS) is 23.6. The molecule has 2 aromatic carbocycles. The number of methoxy groups -OCH3 is 1. The fourth-order valence-corrected chi connectivity index (χ4v) is 6.56. The molecule has 5 rings (SSSR count). The summed E-state index contributed by atoms with van der Waals surface area (Å²) in [5.74, 6) is 1.48. The second-order valence-electron chi connectivity index (χ2n) is 9.29. The van der Waals surface area contributed by atoms with E-state index in [0.29, 0.717) is 41.7 Å². The maximum atomic E-state index is 13.6. The molecule has 2 bridgehead atoms. The van der Waals surface area contributed by atoms with Gasteiger partial charge in [0.1, 0.15) is 12.4 Å². The highest BCUT2D eigenvalue weighted by molar-refractivity contribution is 7.13. The van der Waals surface area contributed by atoms with Crippen LogP contribution in [-0.2, 0) is 0 Å². The molecule has 2 aliphatic heterocycles. The third-order valence-electron chi connectivity index (χ3n) is 7.20. The Morgan fingerprint density at radius 3 is 2.64 bits per heavy atom.